The molecule has 1 amide bonds. The molecular formula is C24H18Cl2N2O2. The number of fused-ring (bicyclic) bond motifs is 1. The van der Waals surface area contributed by atoms with Crippen molar-refractivity contribution in [1.82, 2.24) is 4.98 Å². The maximum absolute atomic E-state index is 13.1. The van der Waals surface area contributed by atoms with Gasteiger partial charge in [-0.25, -0.2) is 4.98 Å². The quantitative estimate of drug-likeness (QED) is 0.371. The molecule has 6 heteroatoms. The number of hydrogen-bond acceptors (Lipinski definition) is 3. The summed E-state index contributed by atoms with van der Waals surface area (Å²) in [4.78, 5) is 17.8. The third-order valence-electron chi connectivity index (χ3n) is 4.60. The second kappa shape index (κ2) is 8.74. The highest BCUT2D eigenvalue weighted by molar-refractivity contribution is 6.42. The van der Waals surface area contributed by atoms with Crippen molar-refractivity contribution in [2.75, 3.05) is 11.9 Å². The van der Waals surface area contributed by atoms with Crippen molar-refractivity contribution >= 4 is 45.7 Å². The van der Waals surface area contributed by atoms with Crippen LogP contribution in [-0.4, -0.2) is 17.5 Å². The normalized spacial score (nSPS) is 10.8. The summed E-state index contributed by atoms with van der Waals surface area (Å²) < 4.78 is 5.51. The predicted octanol–water partition coefficient (Wildman–Crippen LogP) is 6.86. The second-order valence-electron chi connectivity index (χ2n) is 6.61. The first-order valence-electron chi connectivity index (χ1n) is 9.44. The van der Waals surface area contributed by atoms with Gasteiger partial charge in [0.2, 0.25) is 0 Å². The van der Waals surface area contributed by atoms with Gasteiger partial charge in [-0.1, -0.05) is 41.4 Å². The fourth-order valence-electron chi connectivity index (χ4n) is 3.17. The van der Waals surface area contributed by atoms with Gasteiger partial charge < -0.3 is 10.1 Å². The van der Waals surface area contributed by atoms with E-state index in [1.165, 1.54) is 0 Å². The van der Waals surface area contributed by atoms with Crippen molar-refractivity contribution in [3.05, 3.63) is 88.4 Å². The Morgan fingerprint density at radius 2 is 1.73 bits per heavy atom. The number of benzene rings is 3. The van der Waals surface area contributed by atoms with Gasteiger partial charge in [-0.3, -0.25) is 4.79 Å². The molecule has 0 aliphatic rings. The van der Waals surface area contributed by atoms with E-state index in [1.807, 2.05) is 55.5 Å². The molecule has 1 aromatic heterocycles. The molecule has 0 saturated heterocycles. The molecule has 4 rings (SSSR count). The Labute approximate surface area is 184 Å². The van der Waals surface area contributed by atoms with Gasteiger partial charge in [0.15, 0.2) is 0 Å². The van der Waals surface area contributed by atoms with Gasteiger partial charge in [0.25, 0.3) is 5.91 Å². The summed E-state index contributed by atoms with van der Waals surface area (Å²) in [6.07, 6.45) is 0. The van der Waals surface area contributed by atoms with Gasteiger partial charge in [-0.2, -0.15) is 0 Å². The van der Waals surface area contributed by atoms with Gasteiger partial charge in [0, 0.05) is 16.6 Å². The standard InChI is InChI=1S/C24H18Cl2N2O2/c1-2-30-17-10-7-15(8-11-17)23-14-19(18-5-3-4-6-22(18)28-23)24(29)27-16-9-12-20(25)21(26)13-16/h3-14H,2H2,1H3,(H,27,29). The first-order valence-corrected chi connectivity index (χ1v) is 10.2. The summed E-state index contributed by atoms with van der Waals surface area (Å²) in [5.41, 5.74) is 3.43. The highest BCUT2D eigenvalue weighted by Crippen LogP contribution is 2.28. The number of nitrogens with zero attached hydrogens (tertiary/aromatic N) is 1. The minimum atomic E-state index is -0.251. The lowest BCUT2D eigenvalue weighted by atomic mass is 10.0. The van der Waals surface area contributed by atoms with Crippen LogP contribution in [0.25, 0.3) is 22.2 Å². The third-order valence-corrected chi connectivity index (χ3v) is 5.34. The number of rotatable bonds is 5. The van der Waals surface area contributed by atoms with E-state index < -0.39 is 0 Å². The summed E-state index contributed by atoms with van der Waals surface area (Å²) in [5, 5.41) is 4.47. The van der Waals surface area contributed by atoms with Gasteiger partial charge in [-0.15, -0.1) is 0 Å². The van der Waals surface area contributed by atoms with Gasteiger partial charge in [0.1, 0.15) is 5.75 Å². The van der Waals surface area contributed by atoms with E-state index >= 15 is 0 Å². The SMILES string of the molecule is CCOc1ccc(-c2cc(C(=O)Nc3ccc(Cl)c(Cl)c3)c3ccccc3n2)cc1. The number of ether oxygens (including phenoxy) is 1. The molecule has 0 saturated carbocycles. The average molecular weight is 437 g/mol. The summed E-state index contributed by atoms with van der Waals surface area (Å²) in [5.74, 6) is 0.541. The maximum atomic E-state index is 13.1. The Morgan fingerprint density at radius 3 is 2.47 bits per heavy atom. The fraction of sp³-hybridized carbons (Fsp3) is 0.0833. The molecule has 0 spiro atoms. The Bertz CT molecular complexity index is 1220. The molecule has 0 aliphatic heterocycles. The average Bonchev–Trinajstić information content (AvgIpc) is 2.76. The number of carbonyl (C=O) groups is 1. The highest BCUT2D eigenvalue weighted by atomic mass is 35.5. The minimum Gasteiger partial charge on any atom is -0.494 e. The zero-order chi connectivity index (χ0) is 21.1. The van der Waals surface area contributed by atoms with Crippen LogP contribution in [0.5, 0.6) is 5.75 Å². The number of halogens is 2. The van der Waals surface area contributed by atoms with E-state index in [4.69, 9.17) is 32.9 Å². The third kappa shape index (κ3) is 4.25. The highest BCUT2D eigenvalue weighted by Gasteiger charge is 2.15. The van der Waals surface area contributed by atoms with Crippen molar-refractivity contribution in [2.24, 2.45) is 0 Å². The summed E-state index contributed by atoms with van der Waals surface area (Å²) in [6.45, 7) is 2.55. The second-order valence-corrected chi connectivity index (χ2v) is 7.43. The topological polar surface area (TPSA) is 51.2 Å². The molecule has 3 aromatic carbocycles. The largest absolute Gasteiger partial charge is 0.494 e. The zero-order valence-corrected chi connectivity index (χ0v) is 17.7. The van der Waals surface area contributed by atoms with E-state index in [2.05, 4.69) is 5.32 Å². The van der Waals surface area contributed by atoms with E-state index in [1.54, 1.807) is 24.3 Å². The lowest BCUT2D eigenvalue weighted by molar-refractivity contribution is 0.102. The number of amides is 1. The predicted molar refractivity (Wildman–Crippen MR) is 123 cm³/mol. The zero-order valence-electron chi connectivity index (χ0n) is 16.2. The van der Waals surface area contributed by atoms with Crippen LogP contribution in [0.3, 0.4) is 0 Å². The van der Waals surface area contributed by atoms with Gasteiger partial charge in [0.05, 0.1) is 33.4 Å². The number of carbonyl (C=O) groups excluding carboxylic acids is 1. The molecule has 30 heavy (non-hydrogen) atoms. The van der Waals surface area contributed by atoms with Crippen LogP contribution in [0.1, 0.15) is 17.3 Å². The van der Waals surface area contributed by atoms with E-state index in [9.17, 15) is 4.79 Å². The molecule has 150 valence electrons. The van der Waals surface area contributed by atoms with E-state index in [0.29, 0.717) is 33.6 Å². The molecule has 4 nitrogen and oxygen atoms in total. The molecule has 0 aliphatic carbocycles. The van der Waals surface area contributed by atoms with Crippen LogP contribution in [0, 0.1) is 0 Å². The van der Waals surface area contributed by atoms with Crippen molar-refractivity contribution in [2.45, 2.75) is 6.92 Å². The van der Waals surface area contributed by atoms with Crippen LogP contribution < -0.4 is 10.1 Å². The van der Waals surface area contributed by atoms with E-state index in [0.717, 1.165) is 22.2 Å². The molecule has 0 fully saturated rings. The number of nitrogens with one attached hydrogen (secondary N) is 1. The molecule has 1 heterocycles. The number of para-hydroxylation sites is 1. The van der Waals surface area contributed by atoms with Gasteiger partial charge in [-0.05, 0) is 61.5 Å². The Hall–Kier alpha value is -3.08. The maximum Gasteiger partial charge on any atom is 0.256 e. The molecule has 0 unspecified atom stereocenters. The number of aromatic nitrogens is 1. The van der Waals surface area contributed by atoms with Crippen LogP contribution in [0.4, 0.5) is 5.69 Å². The number of hydrogen-bond donors (Lipinski definition) is 1. The molecule has 0 radical (unpaired) electrons. The molecule has 0 atom stereocenters. The summed E-state index contributed by atoms with van der Waals surface area (Å²) in [6, 6.07) is 22.0. The number of anilines is 1. The summed E-state index contributed by atoms with van der Waals surface area (Å²) in [7, 11) is 0. The van der Waals surface area contributed by atoms with Crippen LogP contribution >= 0.6 is 23.2 Å². The Kier molecular flexibility index (Phi) is 5.88. The Morgan fingerprint density at radius 1 is 0.967 bits per heavy atom. The van der Waals surface area contributed by atoms with Crippen molar-refractivity contribution < 1.29 is 9.53 Å². The summed E-state index contributed by atoms with van der Waals surface area (Å²) >= 11 is 12.0. The van der Waals surface area contributed by atoms with Crippen molar-refractivity contribution in [3.63, 3.8) is 0 Å². The van der Waals surface area contributed by atoms with E-state index in [-0.39, 0.29) is 5.91 Å². The first-order chi connectivity index (χ1) is 14.5. The molecule has 0 bridgehead atoms. The number of pyridine rings is 1. The van der Waals surface area contributed by atoms with Crippen molar-refractivity contribution in [1.29, 1.82) is 0 Å². The van der Waals surface area contributed by atoms with Gasteiger partial charge >= 0.3 is 0 Å². The smallest absolute Gasteiger partial charge is 0.256 e. The molecule has 1 N–H and O–H groups in total. The molecule has 4 aromatic rings. The minimum absolute atomic E-state index is 0.251. The monoisotopic (exact) mass is 436 g/mol. The molecular weight excluding hydrogens is 419 g/mol. The van der Waals surface area contributed by atoms with Crippen LogP contribution in [0.2, 0.25) is 10.0 Å². The lowest BCUT2D eigenvalue weighted by Crippen LogP contribution is -2.13. The van der Waals surface area contributed by atoms with Crippen LogP contribution in [0.15, 0.2) is 72.8 Å². The van der Waals surface area contributed by atoms with Crippen molar-refractivity contribution in [3.8, 4) is 17.0 Å². The van der Waals surface area contributed by atoms with Crippen LogP contribution in [-0.2, 0) is 0 Å². The Balaban J connectivity index is 1.74. The lowest BCUT2D eigenvalue weighted by Gasteiger charge is -2.11. The first kappa shape index (κ1) is 20.2. The fourth-order valence-corrected chi connectivity index (χ4v) is 3.47.